The van der Waals surface area contributed by atoms with Gasteiger partial charge in [0.2, 0.25) is 0 Å². The van der Waals surface area contributed by atoms with Crippen molar-refractivity contribution in [3.8, 4) is 11.5 Å². The molecule has 0 aliphatic rings. The van der Waals surface area contributed by atoms with E-state index in [2.05, 4.69) is 14.9 Å². The number of para-hydroxylation sites is 1. The maximum Gasteiger partial charge on any atom is 0.269 e. The second-order valence-corrected chi connectivity index (χ2v) is 5.55. The summed E-state index contributed by atoms with van der Waals surface area (Å²) in [5.74, 6) is 1.30. The quantitative estimate of drug-likeness (QED) is 0.765. The normalized spacial score (nSPS) is 10.3. The fraction of sp³-hybridized carbons (Fsp3) is 0.118. The third-order valence-electron chi connectivity index (χ3n) is 3.19. The van der Waals surface area contributed by atoms with Crippen LogP contribution in [-0.2, 0) is 6.42 Å². The summed E-state index contributed by atoms with van der Waals surface area (Å²) < 4.78 is 9.54. The van der Waals surface area contributed by atoms with Crippen molar-refractivity contribution < 1.29 is 9.53 Å². The van der Waals surface area contributed by atoms with Crippen LogP contribution in [0.5, 0.6) is 11.5 Å². The topological polar surface area (TPSA) is 64.1 Å². The number of amides is 1. The van der Waals surface area contributed by atoms with Gasteiger partial charge in [-0.05, 0) is 54.4 Å². The second-order valence-electron chi connectivity index (χ2n) is 4.80. The first kappa shape index (κ1) is 15.2. The lowest BCUT2D eigenvalue weighted by molar-refractivity contribution is 0.102. The van der Waals surface area contributed by atoms with E-state index in [1.54, 1.807) is 12.1 Å². The molecule has 1 heterocycles. The molecule has 0 atom stereocenters. The molecule has 23 heavy (non-hydrogen) atoms. The van der Waals surface area contributed by atoms with Crippen LogP contribution >= 0.6 is 11.5 Å². The lowest BCUT2D eigenvalue weighted by atomic mass is 10.2. The molecule has 0 unspecified atom stereocenters. The van der Waals surface area contributed by atoms with Crippen molar-refractivity contribution in [3.63, 3.8) is 0 Å². The number of carbonyl (C=O) groups is 1. The van der Waals surface area contributed by atoms with Gasteiger partial charge in [0.25, 0.3) is 5.91 Å². The Labute approximate surface area is 138 Å². The van der Waals surface area contributed by atoms with E-state index < -0.39 is 0 Å². The monoisotopic (exact) mass is 325 g/mol. The summed E-state index contributed by atoms with van der Waals surface area (Å²) in [7, 11) is 0. The Morgan fingerprint density at radius 2 is 1.78 bits per heavy atom. The van der Waals surface area contributed by atoms with Crippen molar-refractivity contribution in [1.82, 2.24) is 9.59 Å². The molecule has 0 aliphatic carbocycles. The van der Waals surface area contributed by atoms with Crippen molar-refractivity contribution in [2.45, 2.75) is 13.3 Å². The molecule has 2 aromatic carbocycles. The third kappa shape index (κ3) is 3.73. The number of aromatic nitrogens is 2. The molecule has 116 valence electrons. The first-order valence-electron chi connectivity index (χ1n) is 7.22. The molecular weight excluding hydrogens is 310 g/mol. The van der Waals surface area contributed by atoms with Gasteiger partial charge in [0.05, 0.1) is 5.69 Å². The lowest BCUT2D eigenvalue weighted by Gasteiger charge is -2.07. The Bertz CT molecular complexity index is 785. The number of hydrogen-bond acceptors (Lipinski definition) is 5. The number of rotatable bonds is 5. The Morgan fingerprint density at radius 1 is 1.09 bits per heavy atom. The van der Waals surface area contributed by atoms with Crippen molar-refractivity contribution >= 4 is 23.1 Å². The molecule has 1 aromatic heterocycles. The number of hydrogen-bond donors (Lipinski definition) is 1. The molecule has 0 aliphatic heterocycles. The Kier molecular flexibility index (Phi) is 4.63. The minimum Gasteiger partial charge on any atom is -0.457 e. The van der Waals surface area contributed by atoms with Gasteiger partial charge in [-0.1, -0.05) is 29.6 Å². The second kappa shape index (κ2) is 7.02. The summed E-state index contributed by atoms with van der Waals surface area (Å²) in [5.41, 5.74) is 1.42. The molecule has 5 nitrogen and oxygen atoms in total. The average molecular weight is 325 g/mol. The van der Waals surface area contributed by atoms with E-state index in [1.165, 1.54) is 0 Å². The SMILES string of the molecule is CCc1nnsc1C(=O)Nc1ccc(Oc2ccccc2)cc1. The molecule has 0 saturated heterocycles. The van der Waals surface area contributed by atoms with Crippen LogP contribution in [0.15, 0.2) is 54.6 Å². The van der Waals surface area contributed by atoms with Crippen LogP contribution in [0.4, 0.5) is 5.69 Å². The molecule has 1 amide bonds. The van der Waals surface area contributed by atoms with Gasteiger partial charge in [0.15, 0.2) is 0 Å². The Morgan fingerprint density at radius 3 is 2.48 bits per heavy atom. The highest BCUT2D eigenvalue weighted by molar-refractivity contribution is 7.08. The average Bonchev–Trinajstić information content (AvgIpc) is 3.06. The molecule has 0 fully saturated rings. The number of ether oxygens (including phenoxy) is 1. The molecule has 0 spiro atoms. The molecule has 3 rings (SSSR count). The minimum atomic E-state index is -0.187. The van der Waals surface area contributed by atoms with Crippen LogP contribution in [0.3, 0.4) is 0 Å². The van der Waals surface area contributed by atoms with Gasteiger partial charge in [-0.15, -0.1) is 5.10 Å². The van der Waals surface area contributed by atoms with E-state index >= 15 is 0 Å². The van der Waals surface area contributed by atoms with Crippen LogP contribution in [0.1, 0.15) is 22.3 Å². The van der Waals surface area contributed by atoms with Crippen LogP contribution < -0.4 is 10.1 Å². The Balaban J connectivity index is 1.67. The summed E-state index contributed by atoms with van der Waals surface area (Å²) in [6, 6.07) is 16.8. The van der Waals surface area contributed by atoms with Crippen molar-refractivity contribution in [2.24, 2.45) is 0 Å². The number of aryl methyl sites for hydroxylation is 1. The van der Waals surface area contributed by atoms with E-state index in [0.717, 1.165) is 23.0 Å². The number of nitrogens with one attached hydrogen (secondary N) is 1. The third-order valence-corrected chi connectivity index (χ3v) is 3.95. The predicted octanol–water partition coefficient (Wildman–Crippen LogP) is 4.15. The largest absolute Gasteiger partial charge is 0.457 e. The molecule has 0 saturated carbocycles. The van der Waals surface area contributed by atoms with Gasteiger partial charge in [0, 0.05) is 5.69 Å². The maximum atomic E-state index is 12.2. The number of carbonyl (C=O) groups excluding carboxylic acids is 1. The fourth-order valence-corrected chi connectivity index (χ4v) is 2.68. The highest BCUT2D eigenvalue weighted by atomic mass is 32.1. The van der Waals surface area contributed by atoms with Gasteiger partial charge in [0.1, 0.15) is 16.4 Å². The van der Waals surface area contributed by atoms with Crippen molar-refractivity contribution in [1.29, 1.82) is 0 Å². The van der Waals surface area contributed by atoms with Crippen LogP contribution in [-0.4, -0.2) is 15.5 Å². The lowest BCUT2D eigenvalue weighted by Crippen LogP contribution is -2.12. The van der Waals surface area contributed by atoms with Crippen molar-refractivity contribution in [2.75, 3.05) is 5.32 Å². The highest BCUT2D eigenvalue weighted by Gasteiger charge is 2.15. The first-order valence-corrected chi connectivity index (χ1v) is 7.99. The minimum absolute atomic E-state index is 0.187. The zero-order valence-electron chi connectivity index (χ0n) is 12.5. The van der Waals surface area contributed by atoms with Crippen LogP contribution in [0, 0.1) is 0 Å². The van der Waals surface area contributed by atoms with Gasteiger partial charge in [-0.3, -0.25) is 4.79 Å². The number of anilines is 1. The summed E-state index contributed by atoms with van der Waals surface area (Å²) in [6.45, 7) is 1.95. The van der Waals surface area contributed by atoms with Gasteiger partial charge in [-0.2, -0.15) is 0 Å². The fourth-order valence-electron chi connectivity index (χ4n) is 2.03. The number of benzene rings is 2. The summed E-state index contributed by atoms with van der Waals surface area (Å²) in [5, 5.41) is 6.79. The standard InChI is InChI=1S/C17H15N3O2S/c1-2-15-16(23-20-19-15)17(21)18-12-8-10-14(11-9-12)22-13-6-4-3-5-7-13/h3-11H,2H2,1H3,(H,18,21). The molecule has 0 radical (unpaired) electrons. The molecule has 1 N–H and O–H groups in total. The van der Waals surface area contributed by atoms with Crippen LogP contribution in [0.25, 0.3) is 0 Å². The predicted molar refractivity (Wildman–Crippen MR) is 90.2 cm³/mol. The molecule has 0 bridgehead atoms. The zero-order valence-corrected chi connectivity index (χ0v) is 13.3. The Hall–Kier alpha value is -2.73. The maximum absolute atomic E-state index is 12.2. The van der Waals surface area contributed by atoms with E-state index in [-0.39, 0.29) is 5.91 Å². The summed E-state index contributed by atoms with van der Waals surface area (Å²) >= 11 is 1.11. The zero-order chi connectivity index (χ0) is 16.1. The highest BCUT2D eigenvalue weighted by Crippen LogP contribution is 2.23. The van der Waals surface area contributed by atoms with E-state index in [4.69, 9.17) is 4.74 Å². The van der Waals surface area contributed by atoms with E-state index in [1.807, 2.05) is 49.4 Å². The first-order chi connectivity index (χ1) is 11.3. The molecular formula is C17H15N3O2S. The molecule has 6 heteroatoms. The number of nitrogens with zero attached hydrogens (tertiary/aromatic N) is 2. The smallest absolute Gasteiger partial charge is 0.269 e. The summed E-state index contributed by atoms with van der Waals surface area (Å²) in [4.78, 5) is 12.8. The van der Waals surface area contributed by atoms with Gasteiger partial charge < -0.3 is 10.1 Å². The summed E-state index contributed by atoms with van der Waals surface area (Å²) in [6.07, 6.45) is 0.684. The van der Waals surface area contributed by atoms with Crippen LogP contribution in [0.2, 0.25) is 0 Å². The van der Waals surface area contributed by atoms with E-state index in [0.29, 0.717) is 22.7 Å². The van der Waals surface area contributed by atoms with Gasteiger partial charge >= 0.3 is 0 Å². The van der Waals surface area contributed by atoms with Crippen molar-refractivity contribution in [3.05, 3.63) is 65.2 Å². The molecule has 3 aromatic rings. The van der Waals surface area contributed by atoms with E-state index in [9.17, 15) is 4.79 Å². The van der Waals surface area contributed by atoms with Gasteiger partial charge in [-0.25, -0.2) is 0 Å².